The number of nitrogens with one attached hydrogen (secondary N) is 2. The van der Waals surface area contributed by atoms with Crippen molar-refractivity contribution in [3.8, 4) is 11.6 Å². The lowest BCUT2D eigenvalue weighted by molar-refractivity contribution is -0.117. The Kier molecular flexibility index (Phi) is 4.24. The van der Waals surface area contributed by atoms with Gasteiger partial charge in [0.2, 0.25) is 5.91 Å². The maximum absolute atomic E-state index is 12.4. The Labute approximate surface area is 153 Å². The van der Waals surface area contributed by atoms with Gasteiger partial charge in [0.05, 0.1) is 13.2 Å². The molecule has 138 valence electrons. The summed E-state index contributed by atoms with van der Waals surface area (Å²) in [7, 11) is 1.57. The lowest BCUT2D eigenvalue weighted by atomic mass is 10.2. The first kappa shape index (κ1) is 16.7. The van der Waals surface area contributed by atoms with Crippen LogP contribution in [0, 0.1) is 0 Å². The third-order valence-electron chi connectivity index (χ3n) is 4.22. The summed E-state index contributed by atoms with van der Waals surface area (Å²) in [5.74, 6) is 0.644. The maximum Gasteiger partial charge on any atom is 0.269 e. The molecule has 1 aromatic carbocycles. The van der Waals surface area contributed by atoms with Crippen LogP contribution in [0.5, 0.6) is 5.75 Å². The fraction of sp³-hybridized carbons (Fsp3) is 0.250. The summed E-state index contributed by atoms with van der Waals surface area (Å²) in [5, 5.41) is 20.2. The minimum atomic E-state index is -0.355. The minimum absolute atomic E-state index is 0.0625. The molecule has 11 nitrogen and oxygen atoms in total. The molecule has 27 heavy (non-hydrogen) atoms. The van der Waals surface area contributed by atoms with Gasteiger partial charge < -0.3 is 15.0 Å². The topological polar surface area (TPSA) is 131 Å². The number of carbonyl (C=O) groups excluding carboxylic acids is 2. The number of nitrogens with zero attached hydrogens (tertiary/aromatic N) is 6. The Bertz CT molecular complexity index is 968. The van der Waals surface area contributed by atoms with Crippen LogP contribution in [-0.4, -0.2) is 61.9 Å². The molecule has 2 N–H and O–H groups in total. The van der Waals surface area contributed by atoms with Crippen molar-refractivity contribution in [2.75, 3.05) is 18.6 Å². The third kappa shape index (κ3) is 3.34. The lowest BCUT2D eigenvalue weighted by Crippen LogP contribution is -2.37. The summed E-state index contributed by atoms with van der Waals surface area (Å²) in [6, 6.07) is 8.47. The third-order valence-corrected chi connectivity index (χ3v) is 4.22. The molecular formula is C16H16N8O3. The number of aromatic amines is 1. The van der Waals surface area contributed by atoms with Gasteiger partial charge in [-0.05, 0) is 22.6 Å². The van der Waals surface area contributed by atoms with Crippen LogP contribution < -0.4 is 15.0 Å². The first-order valence-corrected chi connectivity index (χ1v) is 8.18. The average molecular weight is 368 g/mol. The van der Waals surface area contributed by atoms with E-state index in [-0.39, 0.29) is 30.0 Å². The molecule has 4 rings (SSSR count). The van der Waals surface area contributed by atoms with E-state index in [1.165, 1.54) is 17.1 Å². The van der Waals surface area contributed by atoms with Gasteiger partial charge in [-0.1, -0.05) is 6.07 Å². The Morgan fingerprint density at radius 3 is 3.04 bits per heavy atom. The molecule has 2 amide bonds. The van der Waals surface area contributed by atoms with E-state index in [0.717, 1.165) is 5.69 Å². The number of methoxy groups -OCH3 is 1. The number of rotatable bonds is 5. The largest absolute Gasteiger partial charge is 0.497 e. The zero-order valence-corrected chi connectivity index (χ0v) is 14.4. The van der Waals surface area contributed by atoms with Gasteiger partial charge in [0.15, 0.2) is 5.82 Å². The first-order valence-electron chi connectivity index (χ1n) is 8.18. The molecule has 0 aliphatic carbocycles. The molecule has 1 aliphatic heterocycles. The zero-order chi connectivity index (χ0) is 18.8. The highest BCUT2D eigenvalue weighted by molar-refractivity contribution is 5.98. The SMILES string of the molecule is COc1cccc(N2CC(NC(=O)c3cc(-n4cnnn4)n[nH]3)CC2=O)c1. The van der Waals surface area contributed by atoms with Crippen molar-refractivity contribution in [1.29, 1.82) is 0 Å². The van der Waals surface area contributed by atoms with Crippen molar-refractivity contribution < 1.29 is 14.3 Å². The maximum atomic E-state index is 12.4. The van der Waals surface area contributed by atoms with Gasteiger partial charge in [0, 0.05) is 30.8 Å². The minimum Gasteiger partial charge on any atom is -0.497 e. The molecule has 0 saturated carbocycles. The van der Waals surface area contributed by atoms with Crippen LogP contribution >= 0.6 is 0 Å². The second kappa shape index (κ2) is 6.86. The van der Waals surface area contributed by atoms with Crippen LogP contribution in [0.2, 0.25) is 0 Å². The van der Waals surface area contributed by atoms with Gasteiger partial charge in [-0.25, -0.2) is 0 Å². The highest BCUT2D eigenvalue weighted by Crippen LogP contribution is 2.25. The fourth-order valence-electron chi connectivity index (χ4n) is 2.91. The molecule has 3 heterocycles. The van der Waals surface area contributed by atoms with Crippen LogP contribution in [0.1, 0.15) is 16.9 Å². The summed E-state index contributed by atoms with van der Waals surface area (Å²) >= 11 is 0. The van der Waals surface area contributed by atoms with Crippen molar-refractivity contribution >= 4 is 17.5 Å². The smallest absolute Gasteiger partial charge is 0.269 e. The molecule has 1 fully saturated rings. The van der Waals surface area contributed by atoms with Gasteiger partial charge in [0.25, 0.3) is 5.91 Å². The monoisotopic (exact) mass is 368 g/mol. The molecule has 0 radical (unpaired) electrons. The number of amides is 2. The van der Waals surface area contributed by atoms with Gasteiger partial charge in [-0.3, -0.25) is 14.7 Å². The number of hydrogen-bond acceptors (Lipinski definition) is 7. The molecule has 1 aliphatic rings. The summed E-state index contributed by atoms with van der Waals surface area (Å²) in [6.07, 6.45) is 1.59. The van der Waals surface area contributed by atoms with E-state index in [0.29, 0.717) is 18.1 Å². The first-order chi connectivity index (χ1) is 13.1. The Balaban J connectivity index is 1.43. The number of ether oxygens (including phenoxy) is 1. The number of aromatic nitrogens is 6. The number of hydrogen-bond donors (Lipinski definition) is 2. The standard InChI is InChI=1S/C16H16N8O3/c1-27-12-4-2-3-11(6-12)23-8-10(5-15(23)25)18-16(26)13-7-14(20-19-13)24-9-17-21-22-24/h2-4,6-7,9-10H,5,8H2,1H3,(H,18,26)(H,19,20). The number of anilines is 1. The predicted octanol–water partition coefficient (Wildman–Crippen LogP) is -0.0707. The summed E-state index contributed by atoms with van der Waals surface area (Å²) in [6.45, 7) is 0.381. The van der Waals surface area contributed by atoms with E-state index in [1.54, 1.807) is 18.1 Å². The van der Waals surface area contributed by atoms with E-state index < -0.39 is 0 Å². The summed E-state index contributed by atoms with van der Waals surface area (Å²) < 4.78 is 6.53. The van der Waals surface area contributed by atoms with Crippen LogP contribution in [-0.2, 0) is 4.79 Å². The predicted molar refractivity (Wildman–Crippen MR) is 92.5 cm³/mol. The Morgan fingerprint density at radius 1 is 1.37 bits per heavy atom. The van der Waals surface area contributed by atoms with Crippen molar-refractivity contribution in [3.05, 3.63) is 42.4 Å². The number of H-pyrrole nitrogens is 1. The van der Waals surface area contributed by atoms with E-state index in [4.69, 9.17) is 4.74 Å². The van der Waals surface area contributed by atoms with Crippen molar-refractivity contribution in [3.63, 3.8) is 0 Å². The second-order valence-electron chi connectivity index (χ2n) is 5.97. The number of benzene rings is 1. The molecule has 0 bridgehead atoms. The van der Waals surface area contributed by atoms with Gasteiger partial charge >= 0.3 is 0 Å². The van der Waals surface area contributed by atoms with E-state index in [1.807, 2.05) is 18.2 Å². The second-order valence-corrected chi connectivity index (χ2v) is 5.97. The average Bonchev–Trinajstić information content (AvgIpc) is 3.42. The van der Waals surface area contributed by atoms with E-state index >= 15 is 0 Å². The Morgan fingerprint density at radius 2 is 2.26 bits per heavy atom. The number of carbonyl (C=O) groups is 2. The van der Waals surface area contributed by atoms with Gasteiger partial charge in [0.1, 0.15) is 17.8 Å². The molecule has 3 aromatic rings. The van der Waals surface area contributed by atoms with Crippen LogP contribution in [0.15, 0.2) is 36.7 Å². The zero-order valence-electron chi connectivity index (χ0n) is 14.4. The van der Waals surface area contributed by atoms with E-state index in [9.17, 15) is 9.59 Å². The van der Waals surface area contributed by atoms with Crippen LogP contribution in [0.3, 0.4) is 0 Å². The van der Waals surface area contributed by atoms with Crippen molar-refractivity contribution in [2.24, 2.45) is 0 Å². The van der Waals surface area contributed by atoms with Crippen molar-refractivity contribution in [2.45, 2.75) is 12.5 Å². The van der Waals surface area contributed by atoms with Crippen molar-refractivity contribution in [1.82, 2.24) is 35.7 Å². The van der Waals surface area contributed by atoms with Crippen LogP contribution in [0.25, 0.3) is 5.82 Å². The van der Waals surface area contributed by atoms with Crippen LogP contribution in [0.4, 0.5) is 5.69 Å². The molecular weight excluding hydrogens is 352 g/mol. The molecule has 1 saturated heterocycles. The van der Waals surface area contributed by atoms with Gasteiger partial charge in [-0.2, -0.15) is 9.78 Å². The Hall–Kier alpha value is -3.76. The highest BCUT2D eigenvalue weighted by Gasteiger charge is 2.32. The highest BCUT2D eigenvalue weighted by atomic mass is 16.5. The number of tetrazole rings is 1. The quantitative estimate of drug-likeness (QED) is 0.644. The molecule has 11 heteroatoms. The summed E-state index contributed by atoms with van der Waals surface area (Å²) in [5.41, 5.74) is 0.992. The lowest BCUT2D eigenvalue weighted by Gasteiger charge is -2.17. The van der Waals surface area contributed by atoms with Gasteiger partial charge in [-0.15, -0.1) is 5.10 Å². The summed E-state index contributed by atoms with van der Waals surface area (Å²) in [4.78, 5) is 26.4. The molecule has 1 unspecified atom stereocenters. The normalized spacial score (nSPS) is 16.6. The molecule has 1 atom stereocenters. The molecule has 2 aromatic heterocycles. The van der Waals surface area contributed by atoms with E-state index in [2.05, 4.69) is 31.0 Å². The fourth-order valence-corrected chi connectivity index (χ4v) is 2.91. The molecule has 0 spiro atoms.